The van der Waals surface area contributed by atoms with Crippen LogP contribution in [0.3, 0.4) is 0 Å². The van der Waals surface area contributed by atoms with Gasteiger partial charge in [-0.15, -0.1) is 0 Å². The minimum absolute atomic E-state index is 0.0378. The number of aliphatic hydroxyl groups is 6. The average molecular weight is 1020 g/mol. The summed E-state index contributed by atoms with van der Waals surface area (Å²) in [5.41, 5.74) is 0. The summed E-state index contributed by atoms with van der Waals surface area (Å²) in [6.45, 7) is 2.82. The average Bonchev–Trinajstić information content (AvgIpc) is 3.30. The zero-order valence-corrected chi connectivity index (χ0v) is 42.5. The minimum Gasteiger partial charge on any atom is -0.462 e. The first-order valence-electron chi connectivity index (χ1n) is 24.6. The maximum atomic E-state index is 13.0. The maximum Gasteiger partial charge on any atom is 0.472 e. The SMILES string of the molecule is CCCCC/C=C\C/C=C\C/C=C\C/C=C\C/C=C\CCC(=O)OC[C@H](COP(=O)(O)O[C@H]1C(O)C(O)C(O)[C@@H](OP(=O)(O)O)C1O)OC(=O)CCCCCCC[C@H](O)[C@@H](O)C/C=C\CCCCC. The number of hydrogen-bond donors (Lipinski definition) is 9. The third-order valence-corrected chi connectivity index (χ3v) is 12.5. The van der Waals surface area contributed by atoms with Crippen LogP contribution in [-0.4, -0.2) is 125 Å². The molecule has 0 spiro atoms. The van der Waals surface area contributed by atoms with E-state index in [0.717, 1.165) is 64.2 Å². The summed E-state index contributed by atoms with van der Waals surface area (Å²) in [4.78, 5) is 54.3. The molecule has 5 unspecified atom stereocenters. The van der Waals surface area contributed by atoms with Gasteiger partial charge in [0, 0.05) is 12.8 Å². The second-order valence-corrected chi connectivity index (χ2v) is 19.7. The lowest BCUT2D eigenvalue weighted by molar-refractivity contribution is -0.216. The van der Waals surface area contributed by atoms with E-state index in [-0.39, 0.29) is 12.8 Å². The van der Waals surface area contributed by atoms with Crippen molar-refractivity contribution in [3.63, 3.8) is 0 Å². The largest absolute Gasteiger partial charge is 0.472 e. The summed E-state index contributed by atoms with van der Waals surface area (Å²) >= 11 is 0. The summed E-state index contributed by atoms with van der Waals surface area (Å²) in [6, 6.07) is 0. The Bertz CT molecular complexity index is 1640. The number of carbonyl (C=O) groups is 2. The molecule has 10 atom stereocenters. The number of unbranched alkanes of at least 4 members (excludes halogenated alkanes) is 10. The van der Waals surface area contributed by atoms with Gasteiger partial charge < -0.3 is 54.8 Å². The second-order valence-electron chi connectivity index (χ2n) is 17.1. The zero-order chi connectivity index (χ0) is 51.3. The Labute approximate surface area is 409 Å². The molecule has 0 aromatic heterocycles. The van der Waals surface area contributed by atoms with E-state index in [1.165, 1.54) is 19.3 Å². The van der Waals surface area contributed by atoms with Crippen molar-refractivity contribution in [3.05, 3.63) is 72.9 Å². The van der Waals surface area contributed by atoms with Crippen molar-refractivity contribution < 1.29 is 87.1 Å². The third kappa shape index (κ3) is 32.9. The lowest BCUT2D eigenvalue weighted by atomic mass is 9.85. The molecule has 9 N–H and O–H groups in total. The summed E-state index contributed by atoms with van der Waals surface area (Å²) in [6.07, 6.45) is 24.5. The van der Waals surface area contributed by atoms with Gasteiger partial charge in [0.2, 0.25) is 0 Å². The molecule has 1 aliphatic carbocycles. The summed E-state index contributed by atoms with van der Waals surface area (Å²) in [7, 11) is -10.8. The molecule has 0 aromatic carbocycles. The van der Waals surface area contributed by atoms with Crippen LogP contribution in [0.2, 0.25) is 0 Å². The van der Waals surface area contributed by atoms with E-state index in [2.05, 4.69) is 54.8 Å². The summed E-state index contributed by atoms with van der Waals surface area (Å²) in [5, 5.41) is 61.8. The predicted molar refractivity (Wildman–Crippen MR) is 262 cm³/mol. The third-order valence-electron chi connectivity index (χ3n) is 11.0. The highest BCUT2D eigenvalue weighted by molar-refractivity contribution is 7.47. The molecule has 0 amide bonds. The lowest BCUT2D eigenvalue weighted by Gasteiger charge is -2.43. The number of esters is 2. The fourth-order valence-corrected chi connectivity index (χ4v) is 8.51. The van der Waals surface area contributed by atoms with Gasteiger partial charge in [0.25, 0.3) is 0 Å². The van der Waals surface area contributed by atoms with Crippen LogP contribution >= 0.6 is 15.6 Å². The first-order chi connectivity index (χ1) is 32.9. The maximum absolute atomic E-state index is 13.0. The van der Waals surface area contributed by atoms with Crippen molar-refractivity contribution in [1.82, 2.24) is 0 Å². The summed E-state index contributed by atoms with van der Waals surface area (Å²) < 4.78 is 49.2. The summed E-state index contributed by atoms with van der Waals surface area (Å²) in [5.74, 6) is -1.42. The first kappa shape index (κ1) is 64.4. The van der Waals surface area contributed by atoms with Crippen molar-refractivity contribution >= 4 is 27.6 Å². The molecule has 0 saturated heterocycles. The van der Waals surface area contributed by atoms with Gasteiger partial charge in [-0.2, -0.15) is 0 Å². The predicted octanol–water partition coefficient (Wildman–Crippen LogP) is 7.56. The van der Waals surface area contributed by atoms with Crippen LogP contribution in [0.25, 0.3) is 0 Å². The highest BCUT2D eigenvalue weighted by Crippen LogP contribution is 2.49. The molecular formula is C49H84O18P2. The number of ether oxygens (including phenoxy) is 2. The van der Waals surface area contributed by atoms with E-state index >= 15 is 0 Å². The van der Waals surface area contributed by atoms with E-state index in [1.807, 2.05) is 36.5 Å². The number of rotatable bonds is 40. The Morgan fingerprint density at radius 3 is 1.57 bits per heavy atom. The molecule has 1 fully saturated rings. The Morgan fingerprint density at radius 1 is 0.522 bits per heavy atom. The fraction of sp³-hybridized carbons (Fsp3) is 0.714. The topological polar surface area (TPSA) is 296 Å². The normalized spacial score (nSPS) is 22.7. The van der Waals surface area contributed by atoms with Crippen molar-refractivity contribution in [3.8, 4) is 0 Å². The molecule has 1 saturated carbocycles. The molecular weight excluding hydrogens is 938 g/mol. The highest BCUT2D eigenvalue weighted by atomic mass is 31.2. The van der Waals surface area contributed by atoms with E-state index in [1.54, 1.807) is 0 Å². The van der Waals surface area contributed by atoms with Crippen LogP contribution in [0.5, 0.6) is 0 Å². The number of phosphoric ester groups is 2. The number of phosphoric acid groups is 2. The monoisotopic (exact) mass is 1020 g/mol. The van der Waals surface area contributed by atoms with E-state index in [4.69, 9.17) is 18.5 Å². The molecule has 398 valence electrons. The molecule has 0 heterocycles. The zero-order valence-electron chi connectivity index (χ0n) is 40.7. The molecule has 18 nitrogen and oxygen atoms in total. The molecule has 0 aliphatic heterocycles. The van der Waals surface area contributed by atoms with E-state index in [0.29, 0.717) is 44.9 Å². The number of allylic oxidation sites excluding steroid dienone is 11. The van der Waals surface area contributed by atoms with Gasteiger partial charge in [0.1, 0.15) is 43.2 Å². The number of hydrogen-bond acceptors (Lipinski definition) is 15. The van der Waals surface area contributed by atoms with Crippen LogP contribution in [0.1, 0.15) is 155 Å². The van der Waals surface area contributed by atoms with Crippen LogP contribution in [0, 0.1) is 0 Å². The van der Waals surface area contributed by atoms with Gasteiger partial charge in [0.15, 0.2) is 6.10 Å². The van der Waals surface area contributed by atoms with E-state index in [9.17, 15) is 64.0 Å². The second kappa shape index (κ2) is 39.0. The molecule has 1 rings (SSSR count). The number of carbonyl (C=O) groups excluding carboxylic acids is 2. The first-order valence-corrected chi connectivity index (χ1v) is 27.7. The van der Waals surface area contributed by atoms with Gasteiger partial charge >= 0.3 is 27.6 Å². The molecule has 20 heteroatoms. The Kier molecular flexibility index (Phi) is 36.3. The molecule has 1 aliphatic rings. The quantitative estimate of drug-likeness (QED) is 0.0124. The van der Waals surface area contributed by atoms with Crippen molar-refractivity contribution in [1.29, 1.82) is 0 Å². The Balaban J connectivity index is 2.68. The van der Waals surface area contributed by atoms with E-state index < -0.39 is 95.7 Å². The van der Waals surface area contributed by atoms with Crippen LogP contribution in [0.4, 0.5) is 0 Å². The highest BCUT2D eigenvalue weighted by Gasteiger charge is 2.54. The van der Waals surface area contributed by atoms with Crippen molar-refractivity contribution in [2.75, 3.05) is 13.2 Å². The van der Waals surface area contributed by atoms with Gasteiger partial charge in [0.05, 0.1) is 18.8 Å². The Morgan fingerprint density at radius 2 is 1.01 bits per heavy atom. The van der Waals surface area contributed by atoms with Gasteiger partial charge in [-0.1, -0.05) is 138 Å². The van der Waals surface area contributed by atoms with Gasteiger partial charge in [-0.25, -0.2) is 9.13 Å². The molecule has 0 aromatic rings. The number of aliphatic hydroxyl groups excluding tert-OH is 6. The smallest absolute Gasteiger partial charge is 0.462 e. The minimum atomic E-state index is -5.39. The van der Waals surface area contributed by atoms with Crippen molar-refractivity contribution in [2.45, 2.75) is 210 Å². The lowest BCUT2D eigenvalue weighted by Crippen LogP contribution is -2.64. The van der Waals surface area contributed by atoms with Crippen LogP contribution in [0.15, 0.2) is 72.9 Å². The van der Waals surface area contributed by atoms with Crippen molar-refractivity contribution in [2.24, 2.45) is 0 Å². The molecule has 69 heavy (non-hydrogen) atoms. The molecule has 0 bridgehead atoms. The van der Waals surface area contributed by atoms with Gasteiger partial charge in [-0.3, -0.25) is 23.2 Å². The van der Waals surface area contributed by atoms with Crippen LogP contribution in [-0.2, 0) is 41.8 Å². The fourth-order valence-electron chi connectivity index (χ4n) is 6.97. The van der Waals surface area contributed by atoms with Gasteiger partial charge in [-0.05, 0) is 77.0 Å². The standard InChI is InChI=1S/C49H84O18P2/c1-3-5-7-9-11-12-13-14-15-16-17-18-19-20-21-22-23-27-31-35-42(52)63-37-39(38-64-69(61,62)67-49-46(56)44(54)45(55)48(47(49)57)66-68(58,59)60)65-43(53)36-32-28-24-26-30-34-41(51)40(50)33-29-25-10-8-6-4-2/h11-12,14-15,17-18,20-21,23,25,27,29,39-41,44-51,54-57H,3-10,13,16,19,22,24,26,28,30-38H2,1-2H3,(H,61,62)(H2,58,59,60)/b12-11-,15-14-,18-17-,21-20-,27-23-,29-25-/t39-,40+,41+,44?,45?,46?,47?,48-,49+/m1/s1. The Hall–Kier alpha value is -2.64. The van der Waals surface area contributed by atoms with Crippen LogP contribution < -0.4 is 0 Å². The molecule has 0 radical (unpaired) electrons.